The SMILES string of the molecule is Cl.N=C(N)c1cn[nH]c1. The molecule has 1 aromatic heterocycles. The highest BCUT2D eigenvalue weighted by Crippen LogP contribution is 1.88. The van der Waals surface area contributed by atoms with E-state index in [0.717, 1.165) is 0 Å². The van der Waals surface area contributed by atoms with E-state index in [0.29, 0.717) is 5.56 Å². The van der Waals surface area contributed by atoms with Crippen LogP contribution in [0.3, 0.4) is 0 Å². The third-order valence-corrected chi connectivity index (χ3v) is 0.809. The summed E-state index contributed by atoms with van der Waals surface area (Å²) in [6.07, 6.45) is 3.07. The zero-order valence-electron chi connectivity index (χ0n) is 4.59. The fourth-order valence-corrected chi connectivity index (χ4v) is 0.398. The monoisotopic (exact) mass is 146 g/mol. The molecule has 0 spiro atoms. The molecule has 0 aromatic carbocycles. The van der Waals surface area contributed by atoms with Crippen LogP contribution >= 0.6 is 12.4 Å². The van der Waals surface area contributed by atoms with Crippen molar-refractivity contribution in [3.63, 3.8) is 0 Å². The Morgan fingerprint density at radius 2 is 2.44 bits per heavy atom. The number of halogens is 1. The van der Waals surface area contributed by atoms with Crippen LogP contribution in [0.1, 0.15) is 5.56 Å². The van der Waals surface area contributed by atoms with Crippen molar-refractivity contribution in [3.8, 4) is 0 Å². The molecule has 0 aliphatic rings. The van der Waals surface area contributed by atoms with Gasteiger partial charge >= 0.3 is 0 Å². The van der Waals surface area contributed by atoms with E-state index in [1.807, 2.05) is 0 Å². The van der Waals surface area contributed by atoms with E-state index in [9.17, 15) is 0 Å². The van der Waals surface area contributed by atoms with Crippen LogP contribution in [0.4, 0.5) is 0 Å². The van der Waals surface area contributed by atoms with Gasteiger partial charge in [0.15, 0.2) is 0 Å². The van der Waals surface area contributed by atoms with Crippen molar-refractivity contribution >= 4 is 18.2 Å². The first-order valence-corrected chi connectivity index (χ1v) is 2.14. The molecule has 0 radical (unpaired) electrons. The molecule has 0 bridgehead atoms. The van der Waals surface area contributed by atoms with E-state index < -0.39 is 0 Å². The van der Waals surface area contributed by atoms with Crippen molar-refractivity contribution in [2.45, 2.75) is 0 Å². The number of aromatic nitrogens is 2. The lowest BCUT2D eigenvalue weighted by Crippen LogP contribution is -2.09. The summed E-state index contributed by atoms with van der Waals surface area (Å²) in [5, 5.41) is 13.0. The summed E-state index contributed by atoms with van der Waals surface area (Å²) in [4.78, 5) is 0. The van der Waals surface area contributed by atoms with E-state index in [2.05, 4.69) is 10.2 Å². The lowest BCUT2D eigenvalue weighted by molar-refractivity contribution is 1.09. The summed E-state index contributed by atoms with van der Waals surface area (Å²) in [5.74, 6) is 0.0405. The molecule has 0 aliphatic heterocycles. The zero-order chi connectivity index (χ0) is 5.98. The number of aromatic amines is 1. The van der Waals surface area contributed by atoms with E-state index >= 15 is 0 Å². The van der Waals surface area contributed by atoms with Crippen molar-refractivity contribution in [2.75, 3.05) is 0 Å². The predicted molar refractivity (Wildman–Crippen MR) is 36.9 cm³/mol. The van der Waals surface area contributed by atoms with Gasteiger partial charge < -0.3 is 5.73 Å². The molecule has 0 unspecified atom stereocenters. The molecule has 9 heavy (non-hydrogen) atoms. The van der Waals surface area contributed by atoms with Crippen molar-refractivity contribution in [3.05, 3.63) is 18.0 Å². The van der Waals surface area contributed by atoms with Gasteiger partial charge in [0.25, 0.3) is 0 Å². The topological polar surface area (TPSA) is 78.6 Å². The first kappa shape index (κ1) is 7.97. The molecular weight excluding hydrogens is 140 g/mol. The molecule has 0 aliphatic carbocycles. The van der Waals surface area contributed by atoms with E-state index in [1.165, 1.54) is 6.20 Å². The molecular formula is C4H7ClN4. The number of nitrogens with two attached hydrogens (primary N) is 1. The molecule has 4 nitrogen and oxygen atoms in total. The second kappa shape index (κ2) is 3.09. The molecule has 0 fully saturated rings. The van der Waals surface area contributed by atoms with Gasteiger partial charge in [-0.15, -0.1) is 12.4 Å². The fraction of sp³-hybridized carbons (Fsp3) is 0. The van der Waals surface area contributed by atoms with Gasteiger partial charge in [-0.25, -0.2) is 0 Å². The number of hydrogen-bond acceptors (Lipinski definition) is 2. The highest BCUT2D eigenvalue weighted by Gasteiger charge is 1.92. The maximum Gasteiger partial charge on any atom is 0.125 e. The highest BCUT2D eigenvalue weighted by molar-refractivity contribution is 5.94. The smallest absolute Gasteiger partial charge is 0.125 e. The summed E-state index contributed by atoms with van der Waals surface area (Å²) in [6.45, 7) is 0. The minimum Gasteiger partial charge on any atom is -0.384 e. The first-order valence-electron chi connectivity index (χ1n) is 2.14. The Bertz CT molecular complexity index is 180. The number of hydrogen-bond donors (Lipinski definition) is 3. The molecule has 0 saturated heterocycles. The van der Waals surface area contributed by atoms with Gasteiger partial charge in [-0.1, -0.05) is 0 Å². The Morgan fingerprint density at radius 3 is 2.67 bits per heavy atom. The zero-order valence-corrected chi connectivity index (χ0v) is 5.40. The Kier molecular flexibility index (Phi) is 2.73. The van der Waals surface area contributed by atoms with Crippen LogP contribution in [0.25, 0.3) is 0 Å². The van der Waals surface area contributed by atoms with Gasteiger partial charge in [0.05, 0.1) is 11.8 Å². The van der Waals surface area contributed by atoms with Crippen LogP contribution in [0.5, 0.6) is 0 Å². The number of rotatable bonds is 1. The van der Waals surface area contributed by atoms with Gasteiger partial charge in [-0.3, -0.25) is 10.5 Å². The van der Waals surface area contributed by atoms with Crippen LogP contribution in [0.2, 0.25) is 0 Å². The average Bonchev–Trinajstić information content (AvgIpc) is 2.12. The number of nitrogens with one attached hydrogen (secondary N) is 2. The summed E-state index contributed by atoms with van der Waals surface area (Å²) < 4.78 is 0. The van der Waals surface area contributed by atoms with Crippen molar-refractivity contribution in [1.29, 1.82) is 5.41 Å². The molecule has 0 amide bonds. The van der Waals surface area contributed by atoms with Crippen LogP contribution in [0.15, 0.2) is 12.4 Å². The minimum atomic E-state index is 0. The normalized spacial score (nSPS) is 8.00. The number of nitrogens with zero attached hydrogens (tertiary/aromatic N) is 1. The van der Waals surface area contributed by atoms with E-state index in [1.54, 1.807) is 6.20 Å². The van der Waals surface area contributed by atoms with Crippen LogP contribution < -0.4 is 5.73 Å². The first-order chi connectivity index (χ1) is 3.80. The third-order valence-electron chi connectivity index (χ3n) is 0.809. The van der Waals surface area contributed by atoms with Crippen molar-refractivity contribution in [2.24, 2.45) is 5.73 Å². The second-order valence-electron chi connectivity index (χ2n) is 1.40. The molecule has 1 rings (SSSR count). The molecule has 0 saturated carbocycles. The molecule has 50 valence electrons. The fourth-order valence-electron chi connectivity index (χ4n) is 0.398. The van der Waals surface area contributed by atoms with Gasteiger partial charge in [0.2, 0.25) is 0 Å². The standard InChI is InChI=1S/C4H6N4.ClH/c5-4(6)3-1-7-8-2-3;/h1-2H,(H3,5,6)(H,7,8);1H. The molecule has 1 aromatic rings. The van der Waals surface area contributed by atoms with Crippen LogP contribution in [-0.4, -0.2) is 16.0 Å². The number of nitrogen functional groups attached to an aromatic ring is 1. The summed E-state index contributed by atoms with van der Waals surface area (Å²) >= 11 is 0. The van der Waals surface area contributed by atoms with Crippen molar-refractivity contribution < 1.29 is 0 Å². The van der Waals surface area contributed by atoms with Gasteiger partial charge in [0, 0.05) is 6.20 Å². The third kappa shape index (κ3) is 1.73. The average molecular weight is 147 g/mol. The Labute approximate surface area is 58.4 Å². The number of H-pyrrole nitrogens is 1. The lowest BCUT2D eigenvalue weighted by atomic mass is 10.3. The summed E-state index contributed by atoms with van der Waals surface area (Å²) in [7, 11) is 0. The Morgan fingerprint density at radius 1 is 1.78 bits per heavy atom. The minimum absolute atomic E-state index is 0. The Hall–Kier alpha value is -1.03. The van der Waals surface area contributed by atoms with Gasteiger partial charge in [0.1, 0.15) is 5.84 Å². The van der Waals surface area contributed by atoms with Crippen LogP contribution in [0, 0.1) is 5.41 Å². The summed E-state index contributed by atoms with van der Waals surface area (Å²) in [6, 6.07) is 0. The molecule has 4 N–H and O–H groups in total. The second-order valence-corrected chi connectivity index (χ2v) is 1.40. The highest BCUT2D eigenvalue weighted by atomic mass is 35.5. The van der Waals surface area contributed by atoms with Gasteiger partial charge in [-0.2, -0.15) is 5.10 Å². The lowest BCUT2D eigenvalue weighted by Gasteiger charge is -1.83. The molecule has 5 heteroatoms. The Balaban J connectivity index is 0.000000640. The van der Waals surface area contributed by atoms with E-state index in [-0.39, 0.29) is 18.2 Å². The number of amidine groups is 1. The van der Waals surface area contributed by atoms with Gasteiger partial charge in [-0.05, 0) is 0 Å². The maximum absolute atomic E-state index is 6.87. The molecule has 0 atom stereocenters. The maximum atomic E-state index is 6.87. The quantitative estimate of drug-likeness (QED) is 0.389. The van der Waals surface area contributed by atoms with E-state index in [4.69, 9.17) is 11.1 Å². The largest absolute Gasteiger partial charge is 0.384 e. The molecule has 1 heterocycles. The predicted octanol–water partition coefficient (Wildman–Crippen LogP) is 0.116. The van der Waals surface area contributed by atoms with Crippen molar-refractivity contribution in [1.82, 2.24) is 10.2 Å². The summed E-state index contributed by atoms with van der Waals surface area (Å²) in [5.41, 5.74) is 5.71. The van der Waals surface area contributed by atoms with Crippen LogP contribution in [-0.2, 0) is 0 Å².